The molecule has 3 aliphatic carbocycles. The quantitative estimate of drug-likeness (QED) is 0.482. The molecule has 10 heavy (non-hydrogen) atoms. The van der Waals surface area contributed by atoms with Gasteiger partial charge >= 0.3 is 0 Å². The smallest absolute Gasteiger partial charge is 0.0295 e. The average Bonchev–Trinajstić information content (AvgIpc) is 1.87. The van der Waals surface area contributed by atoms with Gasteiger partial charge in [-0.15, -0.1) is 0 Å². The Kier molecular flexibility index (Phi) is 1.19. The molecule has 0 spiro atoms. The van der Waals surface area contributed by atoms with Gasteiger partial charge in [-0.25, -0.2) is 0 Å². The molecule has 0 heterocycles. The van der Waals surface area contributed by atoms with E-state index in [1.807, 2.05) is 0 Å². The monoisotopic (exact) mass is 138 g/mol. The maximum absolute atomic E-state index is 2.46. The maximum atomic E-state index is 2.46. The molecule has 0 unspecified atom stereocenters. The fourth-order valence-electron chi connectivity index (χ4n) is 3.18. The van der Waals surface area contributed by atoms with Gasteiger partial charge in [-0.05, 0) is 36.0 Å². The van der Waals surface area contributed by atoms with Crippen molar-refractivity contribution in [1.82, 2.24) is 0 Å². The number of hydrogen-bond acceptors (Lipinski definition) is 0. The average molecular weight is 138 g/mol. The summed E-state index contributed by atoms with van der Waals surface area (Å²) in [6.07, 6.45) is 4.54. The van der Waals surface area contributed by atoms with Crippen molar-refractivity contribution < 1.29 is 0 Å². The van der Waals surface area contributed by atoms with Crippen LogP contribution in [0.15, 0.2) is 0 Å². The predicted octanol–water partition coefficient (Wildman–Crippen LogP) is 3.08. The lowest BCUT2D eigenvalue weighted by Crippen LogP contribution is -2.51. The molecule has 3 rings (SSSR count). The lowest BCUT2D eigenvalue weighted by atomic mass is 9.46. The summed E-state index contributed by atoms with van der Waals surface area (Å²) in [5, 5.41) is 0. The first-order chi connectivity index (χ1) is 4.62. The minimum absolute atomic E-state index is 0.706. The van der Waals surface area contributed by atoms with E-state index in [9.17, 15) is 0 Å². The van der Waals surface area contributed by atoms with Gasteiger partial charge in [0.05, 0.1) is 0 Å². The minimum atomic E-state index is 0.706. The lowest BCUT2D eigenvalue weighted by Gasteiger charge is -2.59. The number of hydrogen-bond donors (Lipinski definition) is 0. The zero-order valence-corrected chi connectivity index (χ0v) is 7.35. The molecule has 58 valence electrons. The van der Waals surface area contributed by atoms with E-state index in [4.69, 9.17) is 0 Å². The normalized spacial score (nSPS) is 50.1. The molecule has 0 N–H and O–H groups in total. The van der Waals surface area contributed by atoms with Gasteiger partial charge in [0.1, 0.15) is 0 Å². The van der Waals surface area contributed by atoms with Crippen LogP contribution < -0.4 is 0 Å². The molecule has 3 aliphatic rings. The Morgan fingerprint density at radius 2 is 1.90 bits per heavy atom. The first kappa shape index (κ1) is 6.69. The van der Waals surface area contributed by atoms with Crippen molar-refractivity contribution in [3.63, 3.8) is 0 Å². The molecule has 0 heteroatoms. The lowest BCUT2D eigenvalue weighted by molar-refractivity contribution is -0.0988. The Hall–Kier alpha value is 0. The Morgan fingerprint density at radius 1 is 1.20 bits per heavy atom. The maximum Gasteiger partial charge on any atom is -0.0295 e. The van der Waals surface area contributed by atoms with Gasteiger partial charge in [-0.1, -0.05) is 27.2 Å². The van der Waals surface area contributed by atoms with E-state index in [0.29, 0.717) is 5.41 Å². The highest BCUT2D eigenvalue weighted by atomic mass is 14.6. The standard InChI is InChI=1S/C10H18/c1-7-4-5-8-6-9(7)10(8,2)3/h7-9H,4-6H2,1-3H3/t7-,8+,9-/m0/s1. The summed E-state index contributed by atoms with van der Waals surface area (Å²) < 4.78 is 0. The van der Waals surface area contributed by atoms with Gasteiger partial charge in [-0.2, -0.15) is 0 Å². The molecule has 0 aromatic heterocycles. The zero-order valence-electron chi connectivity index (χ0n) is 7.35. The van der Waals surface area contributed by atoms with Crippen LogP contribution in [-0.2, 0) is 0 Å². The van der Waals surface area contributed by atoms with Crippen LogP contribution >= 0.6 is 0 Å². The van der Waals surface area contributed by atoms with Gasteiger partial charge < -0.3 is 0 Å². The van der Waals surface area contributed by atoms with Gasteiger partial charge in [0.15, 0.2) is 0 Å². The molecule has 0 saturated heterocycles. The van der Waals surface area contributed by atoms with Crippen LogP contribution in [0.3, 0.4) is 0 Å². The number of fused-ring (bicyclic) bond motifs is 2. The van der Waals surface area contributed by atoms with E-state index in [-0.39, 0.29) is 0 Å². The van der Waals surface area contributed by atoms with Crippen LogP contribution in [-0.4, -0.2) is 0 Å². The van der Waals surface area contributed by atoms with Crippen molar-refractivity contribution in [2.75, 3.05) is 0 Å². The zero-order chi connectivity index (χ0) is 7.35. The Balaban J connectivity index is 2.16. The molecule has 0 radical (unpaired) electrons. The van der Waals surface area contributed by atoms with E-state index in [1.54, 1.807) is 0 Å². The van der Waals surface area contributed by atoms with Crippen molar-refractivity contribution in [3.8, 4) is 0 Å². The Morgan fingerprint density at radius 3 is 2.20 bits per heavy atom. The highest BCUT2D eigenvalue weighted by Gasteiger charge is 2.52. The molecule has 0 aromatic carbocycles. The van der Waals surface area contributed by atoms with E-state index < -0.39 is 0 Å². The highest BCUT2D eigenvalue weighted by molar-refractivity contribution is 5.01. The molecule has 3 atom stereocenters. The molecular weight excluding hydrogens is 120 g/mol. The SMILES string of the molecule is C[C@H]1CC[C@@H]2C[C@@H]1C2(C)C. The summed E-state index contributed by atoms with van der Waals surface area (Å²) >= 11 is 0. The highest BCUT2D eigenvalue weighted by Crippen LogP contribution is 2.61. The largest absolute Gasteiger partial charge is 0.0622 e. The van der Waals surface area contributed by atoms with Gasteiger partial charge in [-0.3, -0.25) is 0 Å². The molecule has 0 amide bonds. The molecule has 0 aromatic rings. The second-order valence-electron chi connectivity index (χ2n) is 4.92. The van der Waals surface area contributed by atoms with Crippen LogP contribution in [0.25, 0.3) is 0 Å². The van der Waals surface area contributed by atoms with Crippen molar-refractivity contribution in [3.05, 3.63) is 0 Å². The summed E-state index contributed by atoms with van der Waals surface area (Å²) in [5.74, 6) is 3.15. The second-order valence-corrected chi connectivity index (χ2v) is 4.92. The van der Waals surface area contributed by atoms with Crippen LogP contribution in [0.1, 0.15) is 40.0 Å². The summed E-state index contributed by atoms with van der Waals surface area (Å²) in [7, 11) is 0. The van der Waals surface area contributed by atoms with Crippen LogP contribution in [0.2, 0.25) is 0 Å². The van der Waals surface area contributed by atoms with Gasteiger partial charge in [0.2, 0.25) is 0 Å². The summed E-state index contributed by atoms with van der Waals surface area (Å²) in [6.45, 7) is 7.35. The van der Waals surface area contributed by atoms with E-state index in [2.05, 4.69) is 20.8 Å². The minimum Gasteiger partial charge on any atom is -0.0622 e. The summed E-state index contributed by atoms with van der Waals surface area (Å²) in [4.78, 5) is 0. The van der Waals surface area contributed by atoms with Gasteiger partial charge in [0.25, 0.3) is 0 Å². The molecule has 3 saturated carbocycles. The first-order valence-electron chi connectivity index (χ1n) is 4.62. The van der Waals surface area contributed by atoms with Crippen LogP contribution in [0.4, 0.5) is 0 Å². The molecular formula is C10H18. The van der Waals surface area contributed by atoms with Crippen LogP contribution in [0.5, 0.6) is 0 Å². The third kappa shape index (κ3) is 0.627. The van der Waals surface area contributed by atoms with Crippen molar-refractivity contribution in [2.24, 2.45) is 23.2 Å². The van der Waals surface area contributed by atoms with E-state index in [1.165, 1.54) is 19.3 Å². The summed E-state index contributed by atoms with van der Waals surface area (Å²) in [6, 6.07) is 0. The Bertz CT molecular complexity index is 144. The third-order valence-corrected chi connectivity index (χ3v) is 4.20. The summed E-state index contributed by atoms with van der Waals surface area (Å²) in [5.41, 5.74) is 0.706. The fraction of sp³-hybridized carbons (Fsp3) is 1.00. The fourth-order valence-corrected chi connectivity index (χ4v) is 3.18. The third-order valence-electron chi connectivity index (χ3n) is 4.20. The second kappa shape index (κ2) is 1.78. The Labute approximate surface area is 64.0 Å². The van der Waals surface area contributed by atoms with Crippen molar-refractivity contribution in [1.29, 1.82) is 0 Å². The van der Waals surface area contributed by atoms with Gasteiger partial charge in [0, 0.05) is 0 Å². The van der Waals surface area contributed by atoms with Crippen LogP contribution in [0, 0.1) is 23.2 Å². The predicted molar refractivity (Wildman–Crippen MR) is 43.8 cm³/mol. The van der Waals surface area contributed by atoms with Crippen molar-refractivity contribution in [2.45, 2.75) is 40.0 Å². The molecule has 2 bridgehead atoms. The van der Waals surface area contributed by atoms with E-state index in [0.717, 1.165) is 17.8 Å². The van der Waals surface area contributed by atoms with E-state index >= 15 is 0 Å². The number of rotatable bonds is 0. The topological polar surface area (TPSA) is 0 Å². The molecule has 3 fully saturated rings. The van der Waals surface area contributed by atoms with Crippen molar-refractivity contribution >= 4 is 0 Å². The molecule has 0 nitrogen and oxygen atoms in total. The first-order valence-corrected chi connectivity index (χ1v) is 4.62. The molecule has 0 aliphatic heterocycles.